The first-order chi connectivity index (χ1) is 13.2. The van der Waals surface area contributed by atoms with Crippen molar-refractivity contribution in [1.29, 1.82) is 0 Å². The van der Waals surface area contributed by atoms with Crippen LogP contribution in [0.15, 0.2) is 52.9 Å². The normalized spacial score (nSPS) is 13.0. The van der Waals surface area contributed by atoms with Crippen molar-refractivity contribution in [3.05, 3.63) is 58.6 Å². The van der Waals surface area contributed by atoms with E-state index in [-0.39, 0.29) is 17.1 Å². The number of fused-ring (bicyclic) bond motifs is 1. The van der Waals surface area contributed by atoms with Gasteiger partial charge in [0.25, 0.3) is 5.91 Å². The molecule has 0 spiro atoms. The van der Waals surface area contributed by atoms with Crippen LogP contribution in [0.2, 0.25) is 5.02 Å². The van der Waals surface area contributed by atoms with E-state index >= 15 is 0 Å². The predicted octanol–water partition coefficient (Wildman–Crippen LogP) is 2.70. The molecular weight excluding hydrogens is 406 g/mol. The molecule has 0 saturated carbocycles. The molecule has 1 N–H and O–H groups in total. The van der Waals surface area contributed by atoms with Crippen LogP contribution in [-0.4, -0.2) is 39.8 Å². The summed E-state index contributed by atoms with van der Waals surface area (Å²) >= 11 is 5.93. The number of amides is 1. The molecule has 28 heavy (non-hydrogen) atoms. The van der Waals surface area contributed by atoms with Crippen LogP contribution in [0.25, 0.3) is 6.08 Å². The Bertz CT molecular complexity index is 1060. The Kier molecular flexibility index (Phi) is 5.71. The maximum atomic E-state index is 12.2. The lowest BCUT2D eigenvalue weighted by Crippen LogP contribution is -2.23. The van der Waals surface area contributed by atoms with E-state index in [1.54, 1.807) is 24.3 Å². The summed E-state index contributed by atoms with van der Waals surface area (Å²) in [5.41, 5.74) is 1.30. The van der Waals surface area contributed by atoms with Crippen molar-refractivity contribution in [3.8, 4) is 5.75 Å². The van der Waals surface area contributed by atoms with Gasteiger partial charge in [-0.05, 0) is 48.5 Å². The summed E-state index contributed by atoms with van der Waals surface area (Å²) < 4.78 is 33.3. The van der Waals surface area contributed by atoms with E-state index in [0.29, 0.717) is 22.0 Å². The van der Waals surface area contributed by atoms with Crippen molar-refractivity contribution in [1.82, 2.24) is 0 Å². The average molecular weight is 422 g/mol. The second-order valence-electron chi connectivity index (χ2n) is 6.06. The number of sulfone groups is 1. The van der Waals surface area contributed by atoms with Crippen molar-refractivity contribution in [2.75, 3.05) is 24.8 Å². The van der Waals surface area contributed by atoms with Gasteiger partial charge in [0.2, 0.25) is 0 Å². The van der Waals surface area contributed by atoms with Crippen LogP contribution >= 0.6 is 11.6 Å². The Labute approximate surface area is 166 Å². The predicted molar refractivity (Wildman–Crippen MR) is 104 cm³/mol. The van der Waals surface area contributed by atoms with Gasteiger partial charge in [0, 0.05) is 22.5 Å². The zero-order valence-electron chi connectivity index (χ0n) is 14.8. The molecule has 0 radical (unpaired) electrons. The van der Waals surface area contributed by atoms with E-state index in [4.69, 9.17) is 21.1 Å². The van der Waals surface area contributed by atoms with Crippen LogP contribution in [0.4, 0.5) is 5.69 Å². The van der Waals surface area contributed by atoms with Crippen LogP contribution < -0.4 is 10.1 Å². The number of hydrogen-bond acceptors (Lipinski definition) is 6. The van der Waals surface area contributed by atoms with Gasteiger partial charge < -0.3 is 14.8 Å². The average Bonchev–Trinajstić information content (AvgIpc) is 2.65. The molecule has 1 aliphatic rings. The number of rotatable bonds is 5. The van der Waals surface area contributed by atoms with E-state index < -0.39 is 28.3 Å². The van der Waals surface area contributed by atoms with Crippen LogP contribution in [-0.2, 0) is 24.2 Å². The second-order valence-corrected chi connectivity index (χ2v) is 8.51. The van der Waals surface area contributed by atoms with Gasteiger partial charge in [0.15, 0.2) is 16.4 Å². The zero-order chi connectivity index (χ0) is 20.3. The number of carbonyl (C=O) groups is 2. The van der Waals surface area contributed by atoms with Crippen LogP contribution in [0.1, 0.15) is 5.56 Å². The number of benzene rings is 2. The lowest BCUT2D eigenvalue weighted by Gasteiger charge is -2.17. The molecule has 146 valence electrons. The lowest BCUT2D eigenvalue weighted by atomic mass is 10.1. The Balaban J connectivity index is 1.57. The molecule has 2 aromatic carbocycles. The highest BCUT2D eigenvalue weighted by Gasteiger charge is 2.19. The minimum Gasteiger partial charge on any atom is -0.488 e. The number of halogens is 1. The highest BCUT2D eigenvalue weighted by Crippen LogP contribution is 2.29. The molecule has 0 aromatic heterocycles. The number of nitrogens with one attached hydrogen (secondary N) is 1. The fourth-order valence-corrected chi connectivity index (χ4v) is 3.28. The quantitative estimate of drug-likeness (QED) is 0.745. The molecule has 1 amide bonds. The number of hydrogen-bond donors (Lipinski definition) is 1. The van der Waals surface area contributed by atoms with Crippen molar-refractivity contribution in [2.45, 2.75) is 4.90 Å². The van der Waals surface area contributed by atoms with Gasteiger partial charge in [0.1, 0.15) is 12.4 Å². The van der Waals surface area contributed by atoms with E-state index in [0.717, 1.165) is 6.26 Å². The first kappa shape index (κ1) is 19.9. The fraction of sp³-hybridized carbons (Fsp3) is 0.158. The molecule has 3 rings (SSSR count). The highest BCUT2D eigenvalue weighted by atomic mass is 35.5. The molecule has 0 unspecified atom stereocenters. The molecule has 0 fully saturated rings. The molecule has 1 aliphatic heterocycles. The standard InChI is InChI=1S/C19H16ClNO6S/c1-28(24,25)16-5-3-15(4-6-16)21-18(22)11-27-19(23)13-8-12-9-14(20)2-7-17(12)26-10-13/h2-9H,10-11H2,1H3,(H,21,22). The largest absolute Gasteiger partial charge is 0.488 e. The number of carbonyl (C=O) groups excluding carboxylic acids is 2. The lowest BCUT2D eigenvalue weighted by molar-refractivity contribution is -0.143. The van der Waals surface area contributed by atoms with Crippen molar-refractivity contribution in [3.63, 3.8) is 0 Å². The summed E-state index contributed by atoms with van der Waals surface area (Å²) in [6, 6.07) is 10.7. The first-order valence-electron chi connectivity index (χ1n) is 8.12. The van der Waals surface area contributed by atoms with Crippen LogP contribution in [0.5, 0.6) is 5.75 Å². The molecule has 0 bridgehead atoms. The van der Waals surface area contributed by atoms with Crippen LogP contribution in [0, 0.1) is 0 Å². The molecule has 1 heterocycles. The smallest absolute Gasteiger partial charge is 0.338 e. The number of ether oxygens (including phenoxy) is 2. The number of anilines is 1. The summed E-state index contributed by atoms with van der Waals surface area (Å²) in [5.74, 6) is -0.620. The van der Waals surface area contributed by atoms with Crippen molar-refractivity contribution in [2.24, 2.45) is 0 Å². The molecule has 0 atom stereocenters. The van der Waals surface area contributed by atoms with Gasteiger partial charge in [-0.2, -0.15) is 0 Å². The Morgan fingerprint density at radius 2 is 1.89 bits per heavy atom. The molecule has 9 heteroatoms. The Morgan fingerprint density at radius 1 is 1.18 bits per heavy atom. The molecule has 7 nitrogen and oxygen atoms in total. The van der Waals surface area contributed by atoms with E-state index in [2.05, 4.69) is 5.32 Å². The molecular formula is C19H16ClNO6S. The maximum Gasteiger partial charge on any atom is 0.338 e. The van der Waals surface area contributed by atoms with Gasteiger partial charge in [-0.15, -0.1) is 0 Å². The van der Waals surface area contributed by atoms with E-state index in [9.17, 15) is 18.0 Å². The third kappa shape index (κ3) is 4.90. The summed E-state index contributed by atoms with van der Waals surface area (Å²) in [6.07, 6.45) is 2.70. The third-order valence-electron chi connectivity index (χ3n) is 3.85. The molecule has 0 saturated heterocycles. The summed E-state index contributed by atoms with van der Waals surface area (Å²) in [5, 5.41) is 3.03. The summed E-state index contributed by atoms with van der Waals surface area (Å²) in [7, 11) is -3.31. The monoisotopic (exact) mass is 421 g/mol. The second kappa shape index (κ2) is 8.04. The minimum atomic E-state index is -3.31. The van der Waals surface area contributed by atoms with E-state index in [1.807, 2.05) is 0 Å². The van der Waals surface area contributed by atoms with Crippen LogP contribution in [0.3, 0.4) is 0 Å². The topological polar surface area (TPSA) is 98.8 Å². The summed E-state index contributed by atoms with van der Waals surface area (Å²) in [4.78, 5) is 24.2. The van der Waals surface area contributed by atoms with Crippen molar-refractivity contribution >= 4 is 45.1 Å². The van der Waals surface area contributed by atoms with E-state index in [1.165, 1.54) is 24.3 Å². The van der Waals surface area contributed by atoms with Gasteiger partial charge in [-0.1, -0.05) is 11.6 Å². The SMILES string of the molecule is CS(=O)(=O)c1ccc(NC(=O)COC(=O)C2=Cc3cc(Cl)ccc3OC2)cc1. The zero-order valence-corrected chi connectivity index (χ0v) is 16.3. The maximum absolute atomic E-state index is 12.2. The first-order valence-corrected chi connectivity index (χ1v) is 10.4. The fourth-order valence-electron chi connectivity index (χ4n) is 2.47. The van der Waals surface area contributed by atoms with Gasteiger partial charge in [-0.3, -0.25) is 4.79 Å². The minimum absolute atomic E-state index is 0.0298. The highest BCUT2D eigenvalue weighted by molar-refractivity contribution is 7.90. The van der Waals surface area contributed by atoms with Gasteiger partial charge in [0.05, 0.1) is 10.5 Å². The molecule has 2 aromatic rings. The van der Waals surface area contributed by atoms with Gasteiger partial charge in [-0.25, -0.2) is 13.2 Å². The third-order valence-corrected chi connectivity index (χ3v) is 5.21. The molecule has 0 aliphatic carbocycles. The Hall–Kier alpha value is -2.84. The number of esters is 1. The Morgan fingerprint density at radius 3 is 2.57 bits per heavy atom. The van der Waals surface area contributed by atoms with Crippen molar-refractivity contribution < 1.29 is 27.5 Å². The summed E-state index contributed by atoms with van der Waals surface area (Å²) in [6.45, 7) is -0.464. The van der Waals surface area contributed by atoms with Gasteiger partial charge >= 0.3 is 5.97 Å².